The highest BCUT2D eigenvalue weighted by Crippen LogP contribution is 2.43. The number of hydrogen-bond acceptors (Lipinski definition) is 6. The zero-order valence-electron chi connectivity index (χ0n) is 13.9. The van der Waals surface area contributed by atoms with E-state index in [-0.39, 0.29) is 12.5 Å². The van der Waals surface area contributed by atoms with Crippen LogP contribution < -0.4 is 10.5 Å². The summed E-state index contributed by atoms with van der Waals surface area (Å²) in [6.45, 7) is -0.100. The highest BCUT2D eigenvalue weighted by Gasteiger charge is 2.33. The van der Waals surface area contributed by atoms with Crippen molar-refractivity contribution in [2.45, 2.75) is 25.6 Å². The number of aliphatic hydroxyl groups excluding tert-OH is 2. The number of anilines is 1. The van der Waals surface area contributed by atoms with Crippen LogP contribution >= 0.6 is 0 Å². The Morgan fingerprint density at radius 1 is 1.36 bits per heavy atom. The quantitative estimate of drug-likeness (QED) is 0.655. The number of hydrogen-bond donors (Lipinski definition) is 3. The number of nitrogens with two attached hydrogens (primary N) is 1. The SMILES string of the molecule is COc1cc(-c2cc(C(O)C3CC3)n3ncnc(N)c23)ccc1CO. The summed E-state index contributed by atoms with van der Waals surface area (Å²) < 4.78 is 7.04. The van der Waals surface area contributed by atoms with Gasteiger partial charge in [0.05, 0.1) is 25.5 Å². The smallest absolute Gasteiger partial charge is 0.151 e. The van der Waals surface area contributed by atoms with E-state index in [0.29, 0.717) is 28.3 Å². The molecule has 1 aromatic carbocycles. The molecule has 0 bridgehead atoms. The maximum Gasteiger partial charge on any atom is 0.151 e. The van der Waals surface area contributed by atoms with Gasteiger partial charge in [0, 0.05) is 11.1 Å². The lowest BCUT2D eigenvalue weighted by Crippen LogP contribution is -2.07. The third kappa shape index (κ3) is 2.61. The Morgan fingerprint density at radius 2 is 2.16 bits per heavy atom. The van der Waals surface area contributed by atoms with E-state index >= 15 is 0 Å². The third-order valence-corrected chi connectivity index (χ3v) is 4.75. The molecule has 4 N–H and O–H groups in total. The lowest BCUT2D eigenvalue weighted by atomic mass is 10.0. The van der Waals surface area contributed by atoms with Crippen molar-refractivity contribution in [2.24, 2.45) is 5.92 Å². The summed E-state index contributed by atoms with van der Waals surface area (Å²) >= 11 is 0. The molecule has 0 radical (unpaired) electrons. The molecule has 1 aliphatic carbocycles. The molecule has 25 heavy (non-hydrogen) atoms. The largest absolute Gasteiger partial charge is 0.496 e. The fourth-order valence-corrected chi connectivity index (χ4v) is 3.22. The van der Waals surface area contributed by atoms with Crippen LogP contribution in [-0.4, -0.2) is 31.9 Å². The molecule has 2 heterocycles. The lowest BCUT2D eigenvalue weighted by molar-refractivity contribution is 0.147. The Kier molecular flexibility index (Phi) is 3.82. The minimum atomic E-state index is -0.575. The first-order chi connectivity index (χ1) is 12.1. The van der Waals surface area contributed by atoms with E-state index in [1.807, 2.05) is 24.3 Å². The Labute approximate surface area is 144 Å². The highest BCUT2D eigenvalue weighted by molar-refractivity contribution is 5.88. The van der Waals surface area contributed by atoms with E-state index in [1.165, 1.54) is 6.33 Å². The number of aromatic nitrogens is 3. The zero-order valence-corrected chi connectivity index (χ0v) is 13.9. The van der Waals surface area contributed by atoms with Gasteiger partial charge >= 0.3 is 0 Å². The number of ether oxygens (including phenoxy) is 1. The van der Waals surface area contributed by atoms with Gasteiger partial charge in [-0.25, -0.2) is 9.50 Å². The molecular formula is C18H20N4O3. The van der Waals surface area contributed by atoms with E-state index in [1.54, 1.807) is 11.6 Å². The van der Waals surface area contributed by atoms with Crippen LogP contribution in [0.4, 0.5) is 5.82 Å². The van der Waals surface area contributed by atoms with E-state index in [9.17, 15) is 10.2 Å². The lowest BCUT2D eigenvalue weighted by Gasteiger charge is -2.09. The van der Waals surface area contributed by atoms with Crippen molar-refractivity contribution in [3.8, 4) is 16.9 Å². The van der Waals surface area contributed by atoms with Crippen LogP contribution in [0.15, 0.2) is 30.6 Å². The third-order valence-electron chi connectivity index (χ3n) is 4.75. The summed E-state index contributed by atoms with van der Waals surface area (Å²) in [6, 6.07) is 7.47. The Hall–Kier alpha value is -2.64. The monoisotopic (exact) mass is 340 g/mol. The van der Waals surface area contributed by atoms with Gasteiger partial charge in [-0.05, 0) is 36.5 Å². The molecule has 0 aliphatic heterocycles. The molecule has 1 saturated carbocycles. The summed E-state index contributed by atoms with van der Waals surface area (Å²) in [7, 11) is 1.57. The number of rotatable bonds is 5. The molecule has 1 atom stereocenters. The summed E-state index contributed by atoms with van der Waals surface area (Å²) in [5.41, 5.74) is 9.88. The molecule has 7 nitrogen and oxygen atoms in total. The molecule has 1 aliphatic rings. The van der Waals surface area contributed by atoms with Crippen LogP contribution in [0.2, 0.25) is 0 Å². The second-order valence-corrected chi connectivity index (χ2v) is 6.36. The van der Waals surface area contributed by atoms with Gasteiger partial charge in [0.15, 0.2) is 5.82 Å². The minimum absolute atomic E-state index is 0.100. The van der Waals surface area contributed by atoms with Crippen molar-refractivity contribution in [1.29, 1.82) is 0 Å². The predicted molar refractivity (Wildman–Crippen MR) is 93.0 cm³/mol. The second kappa shape index (κ2) is 6.02. The molecule has 7 heteroatoms. The number of nitrogens with zero attached hydrogens (tertiary/aromatic N) is 3. The van der Waals surface area contributed by atoms with Crippen molar-refractivity contribution < 1.29 is 14.9 Å². The molecule has 1 fully saturated rings. The minimum Gasteiger partial charge on any atom is -0.496 e. The van der Waals surface area contributed by atoms with Crippen LogP contribution in [0.5, 0.6) is 5.75 Å². The van der Waals surface area contributed by atoms with E-state index < -0.39 is 6.10 Å². The summed E-state index contributed by atoms with van der Waals surface area (Å²) in [6.07, 6.45) is 2.85. The molecule has 3 aromatic rings. The predicted octanol–water partition coefficient (Wildman–Crippen LogP) is 1.92. The van der Waals surface area contributed by atoms with Crippen molar-refractivity contribution in [1.82, 2.24) is 14.6 Å². The van der Waals surface area contributed by atoms with E-state index in [4.69, 9.17) is 10.5 Å². The molecule has 2 aromatic heterocycles. The van der Waals surface area contributed by atoms with Crippen molar-refractivity contribution in [3.63, 3.8) is 0 Å². The Morgan fingerprint density at radius 3 is 2.84 bits per heavy atom. The van der Waals surface area contributed by atoms with Crippen LogP contribution in [0.1, 0.15) is 30.2 Å². The first kappa shape index (κ1) is 15.9. The Balaban J connectivity index is 1.92. The number of nitrogen functional groups attached to an aromatic ring is 1. The van der Waals surface area contributed by atoms with Gasteiger partial charge in [-0.15, -0.1) is 0 Å². The average molecular weight is 340 g/mol. The average Bonchev–Trinajstić information content (AvgIpc) is 3.41. The van der Waals surface area contributed by atoms with Gasteiger partial charge < -0.3 is 20.7 Å². The maximum atomic E-state index is 10.6. The first-order valence-corrected chi connectivity index (χ1v) is 8.22. The number of aliphatic hydroxyl groups is 2. The van der Waals surface area contributed by atoms with Crippen LogP contribution in [0.25, 0.3) is 16.6 Å². The summed E-state index contributed by atoms with van der Waals surface area (Å²) in [5.74, 6) is 1.22. The Bertz CT molecular complexity index is 933. The van der Waals surface area contributed by atoms with Crippen LogP contribution in [0, 0.1) is 5.92 Å². The molecule has 0 spiro atoms. The van der Waals surface area contributed by atoms with Crippen molar-refractivity contribution in [2.75, 3.05) is 12.8 Å². The zero-order chi connectivity index (χ0) is 17.6. The molecule has 1 unspecified atom stereocenters. The van der Waals surface area contributed by atoms with E-state index in [0.717, 1.165) is 24.0 Å². The first-order valence-electron chi connectivity index (χ1n) is 8.22. The molecule has 0 saturated heterocycles. The molecule has 0 amide bonds. The van der Waals surface area contributed by atoms with Gasteiger partial charge in [-0.1, -0.05) is 12.1 Å². The molecule has 4 rings (SSSR count). The fraction of sp³-hybridized carbons (Fsp3) is 0.333. The fourth-order valence-electron chi connectivity index (χ4n) is 3.22. The summed E-state index contributed by atoms with van der Waals surface area (Å²) in [4.78, 5) is 4.10. The number of methoxy groups -OCH3 is 1. The normalized spacial score (nSPS) is 15.5. The standard InChI is InChI=1S/C18H20N4O3/c1-25-15-6-11(4-5-12(15)8-23)13-7-14(17(24)10-2-3-10)22-16(13)18(19)20-9-21-22/h4-7,9-10,17,23-24H,2-3,8H2,1H3,(H2,19,20,21). The van der Waals surface area contributed by atoms with Gasteiger partial charge in [-0.3, -0.25) is 0 Å². The number of benzene rings is 1. The van der Waals surface area contributed by atoms with Crippen molar-refractivity contribution >= 4 is 11.3 Å². The molecular weight excluding hydrogens is 320 g/mol. The van der Waals surface area contributed by atoms with Gasteiger partial charge in [0.25, 0.3) is 0 Å². The van der Waals surface area contributed by atoms with Crippen molar-refractivity contribution in [3.05, 3.63) is 41.9 Å². The van der Waals surface area contributed by atoms with Gasteiger partial charge in [0.1, 0.15) is 17.6 Å². The van der Waals surface area contributed by atoms with Gasteiger partial charge in [-0.2, -0.15) is 5.10 Å². The van der Waals surface area contributed by atoms with Crippen LogP contribution in [-0.2, 0) is 6.61 Å². The number of fused-ring (bicyclic) bond motifs is 1. The summed E-state index contributed by atoms with van der Waals surface area (Å²) in [5, 5.41) is 24.3. The topological polar surface area (TPSA) is 106 Å². The van der Waals surface area contributed by atoms with E-state index in [2.05, 4.69) is 10.1 Å². The van der Waals surface area contributed by atoms with Gasteiger partial charge in [0.2, 0.25) is 0 Å². The second-order valence-electron chi connectivity index (χ2n) is 6.36. The highest BCUT2D eigenvalue weighted by atomic mass is 16.5. The maximum absolute atomic E-state index is 10.6. The van der Waals surface area contributed by atoms with Crippen LogP contribution in [0.3, 0.4) is 0 Å². The molecule has 130 valence electrons.